The first kappa shape index (κ1) is 21.5. The molecule has 14 heteroatoms. The molecule has 2 unspecified atom stereocenters. The summed E-state index contributed by atoms with van der Waals surface area (Å²) in [6.07, 6.45) is 1.56. The van der Waals surface area contributed by atoms with Crippen molar-refractivity contribution in [1.29, 1.82) is 0 Å². The molecule has 2 heterocycles. The van der Waals surface area contributed by atoms with Gasteiger partial charge >= 0.3 is 20.2 Å². The van der Waals surface area contributed by atoms with E-state index in [1.807, 2.05) is 0 Å². The number of carbonyl (C=O) groups excluding carboxylic acids is 2. The molecular formula is C14H20N6O7P+. The highest BCUT2D eigenvalue weighted by Gasteiger charge is 2.26. The molecule has 0 saturated carbocycles. The highest BCUT2D eigenvalue weighted by atomic mass is 31.1. The van der Waals surface area contributed by atoms with Crippen LogP contribution < -0.4 is 0 Å². The van der Waals surface area contributed by atoms with Gasteiger partial charge in [-0.1, -0.05) is 0 Å². The molecule has 2 aromatic heterocycles. The van der Waals surface area contributed by atoms with Gasteiger partial charge in [-0.25, -0.2) is 9.97 Å². The number of aromatic nitrogens is 6. The number of hydrogen-bond donors (Lipinski definition) is 2. The van der Waals surface area contributed by atoms with E-state index in [1.165, 1.54) is 26.5 Å². The molecule has 0 radical (unpaired) electrons. The van der Waals surface area contributed by atoms with Crippen molar-refractivity contribution >= 4 is 20.2 Å². The van der Waals surface area contributed by atoms with Crippen molar-refractivity contribution in [1.82, 2.24) is 30.4 Å². The van der Waals surface area contributed by atoms with Gasteiger partial charge in [0.25, 0.3) is 0 Å². The van der Waals surface area contributed by atoms with Crippen molar-refractivity contribution in [3.8, 4) is 0 Å². The van der Waals surface area contributed by atoms with Crippen LogP contribution in [0.5, 0.6) is 0 Å². The summed E-state index contributed by atoms with van der Waals surface area (Å²) in [5.74, 6) is -0.283. The number of ether oxygens (including phenoxy) is 2. The summed E-state index contributed by atoms with van der Waals surface area (Å²) < 4.78 is 32.3. The number of aromatic amines is 2. The van der Waals surface area contributed by atoms with Crippen LogP contribution in [0.2, 0.25) is 0 Å². The van der Waals surface area contributed by atoms with Crippen LogP contribution in [-0.2, 0) is 32.7 Å². The largest absolute Gasteiger partial charge is 0.697 e. The third-order valence-corrected chi connectivity index (χ3v) is 4.03. The average Bonchev–Trinajstić information content (AvgIpc) is 3.33. The van der Waals surface area contributed by atoms with Gasteiger partial charge in [-0.15, -0.1) is 9.05 Å². The van der Waals surface area contributed by atoms with E-state index < -0.39 is 32.4 Å². The van der Waals surface area contributed by atoms with E-state index in [2.05, 4.69) is 30.4 Å². The molecule has 2 rings (SSSR count). The number of rotatable bonds is 12. The number of carbonyl (C=O) groups is 2. The van der Waals surface area contributed by atoms with E-state index in [1.54, 1.807) is 0 Å². The molecule has 0 fully saturated rings. The zero-order valence-electron chi connectivity index (χ0n) is 15.2. The highest BCUT2D eigenvalue weighted by Crippen LogP contribution is 2.28. The van der Waals surface area contributed by atoms with Crippen LogP contribution in [0.4, 0.5) is 0 Å². The molecule has 28 heavy (non-hydrogen) atoms. The maximum atomic E-state index is 11.8. The number of nitrogens with one attached hydrogen (secondary N) is 2. The fourth-order valence-electron chi connectivity index (χ4n) is 2.15. The van der Waals surface area contributed by atoms with E-state index in [0.29, 0.717) is 11.6 Å². The SMILES string of the molecule is CC(=O)OC(CCO[P+](=O)OCCC(OC(C)=O)c1ncn[nH]1)c1ncn[nH]1. The molecule has 0 bridgehead atoms. The van der Waals surface area contributed by atoms with Crippen LogP contribution in [0.1, 0.15) is 50.5 Å². The van der Waals surface area contributed by atoms with Crippen molar-refractivity contribution in [2.45, 2.75) is 38.9 Å². The third kappa shape index (κ3) is 7.47. The van der Waals surface area contributed by atoms with E-state index in [0.717, 1.165) is 0 Å². The minimum Gasteiger partial charge on any atom is -0.454 e. The van der Waals surface area contributed by atoms with Gasteiger partial charge < -0.3 is 9.47 Å². The van der Waals surface area contributed by atoms with Gasteiger partial charge in [0.05, 0.1) is 0 Å². The Balaban J connectivity index is 1.72. The molecule has 0 saturated heterocycles. The fraction of sp³-hybridized carbons (Fsp3) is 0.571. The number of hydrogen-bond acceptors (Lipinski definition) is 11. The van der Waals surface area contributed by atoms with Gasteiger partial charge in [0.1, 0.15) is 25.9 Å². The van der Waals surface area contributed by atoms with Crippen LogP contribution in [0, 0.1) is 0 Å². The normalized spacial score (nSPS) is 13.6. The predicted octanol–water partition coefficient (Wildman–Crippen LogP) is 1.30. The Morgan fingerprint density at radius 3 is 1.68 bits per heavy atom. The first-order chi connectivity index (χ1) is 13.5. The molecular weight excluding hydrogens is 395 g/mol. The van der Waals surface area contributed by atoms with Crippen molar-refractivity contribution in [3.63, 3.8) is 0 Å². The van der Waals surface area contributed by atoms with Crippen LogP contribution in [0.25, 0.3) is 0 Å². The standard InChI is InChI=1S/C14H20N6O7P/c1-9(21)26-11(13-15-7-17-19-13)3-5-24-28(23)25-6-4-12(27-10(2)22)14-16-8-18-20-14/h7-8,11-12H,3-6H2,1-2H3,(H,15,17,19)(H,16,18,20)/q+1. The topological polar surface area (TPSA) is 171 Å². The van der Waals surface area contributed by atoms with Crippen LogP contribution in [0.3, 0.4) is 0 Å². The molecule has 0 aliphatic carbocycles. The van der Waals surface area contributed by atoms with Gasteiger partial charge in [0.2, 0.25) is 0 Å². The van der Waals surface area contributed by atoms with Gasteiger partial charge in [0, 0.05) is 31.3 Å². The summed E-state index contributed by atoms with van der Waals surface area (Å²) in [5, 5.41) is 12.6. The Kier molecular flexibility index (Phi) is 8.59. The Hall–Kier alpha value is -2.76. The lowest BCUT2D eigenvalue weighted by Crippen LogP contribution is -2.13. The third-order valence-electron chi connectivity index (χ3n) is 3.25. The predicted molar refractivity (Wildman–Crippen MR) is 90.5 cm³/mol. The summed E-state index contributed by atoms with van der Waals surface area (Å²) >= 11 is 0. The molecule has 0 aliphatic rings. The molecule has 0 aliphatic heterocycles. The van der Waals surface area contributed by atoms with Gasteiger partial charge in [-0.05, 0) is 0 Å². The summed E-state index contributed by atoms with van der Waals surface area (Å²) in [5.41, 5.74) is 0. The monoisotopic (exact) mass is 415 g/mol. The molecule has 2 atom stereocenters. The molecule has 13 nitrogen and oxygen atoms in total. The fourth-order valence-corrected chi connectivity index (χ4v) is 2.73. The maximum Gasteiger partial charge on any atom is 0.697 e. The average molecular weight is 415 g/mol. The minimum absolute atomic E-state index is 0.0106. The van der Waals surface area contributed by atoms with E-state index in [9.17, 15) is 14.2 Å². The minimum atomic E-state index is -2.42. The Labute approximate surface area is 160 Å². The zero-order valence-corrected chi connectivity index (χ0v) is 16.1. The van der Waals surface area contributed by atoms with Gasteiger partial charge in [-0.3, -0.25) is 19.8 Å². The molecule has 152 valence electrons. The second-order valence-electron chi connectivity index (χ2n) is 5.40. The number of H-pyrrole nitrogens is 2. The van der Waals surface area contributed by atoms with Crippen molar-refractivity contribution in [3.05, 3.63) is 24.3 Å². The van der Waals surface area contributed by atoms with E-state index in [-0.39, 0.29) is 26.1 Å². The van der Waals surface area contributed by atoms with Gasteiger partial charge in [-0.2, -0.15) is 10.2 Å². The number of nitrogens with zero attached hydrogens (tertiary/aromatic N) is 4. The molecule has 2 N–H and O–H groups in total. The second kappa shape index (κ2) is 11.2. The molecule has 0 amide bonds. The Morgan fingerprint density at radius 1 is 0.929 bits per heavy atom. The lowest BCUT2D eigenvalue weighted by Gasteiger charge is -2.12. The summed E-state index contributed by atoms with van der Waals surface area (Å²) in [6.45, 7) is 2.51. The Bertz CT molecular complexity index is 692. The number of esters is 2. The molecule has 0 spiro atoms. The summed E-state index contributed by atoms with van der Waals surface area (Å²) in [6, 6.07) is 0. The lowest BCUT2D eigenvalue weighted by molar-refractivity contribution is -0.148. The smallest absolute Gasteiger partial charge is 0.454 e. The van der Waals surface area contributed by atoms with Gasteiger partial charge in [0.15, 0.2) is 23.9 Å². The van der Waals surface area contributed by atoms with Crippen molar-refractivity contribution in [2.24, 2.45) is 0 Å². The van der Waals surface area contributed by atoms with Crippen LogP contribution in [0.15, 0.2) is 12.7 Å². The summed E-state index contributed by atoms with van der Waals surface area (Å²) in [7, 11) is -2.42. The Morgan fingerprint density at radius 2 is 1.36 bits per heavy atom. The maximum absolute atomic E-state index is 11.8. The first-order valence-corrected chi connectivity index (χ1v) is 9.33. The second-order valence-corrected chi connectivity index (χ2v) is 6.37. The molecule has 0 aromatic carbocycles. The highest BCUT2D eigenvalue weighted by molar-refractivity contribution is 7.33. The van der Waals surface area contributed by atoms with Crippen LogP contribution in [-0.4, -0.2) is 55.5 Å². The van der Waals surface area contributed by atoms with Crippen molar-refractivity contribution < 1.29 is 32.7 Å². The quantitative estimate of drug-likeness (QED) is 0.378. The zero-order chi connectivity index (χ0) is 20.4. The van der Waals surface area contributed by atoms with Crippen LogP contribution >= 0.6 is 8.25 Å². The first-order valence-electron chi connectivity index (χ1n) is 8.23. The molecule has 2 aromatic rings. The van der Waals surface area contributed by atoms with E-state index in [4.69, 9.17) is 18.5 Å². The van der Waals surface area contributed by atoms with Crippen molar-refractivity contribution in [2.75, 3.05) is 13.2 Å². The summed E-state index contributed by atoms with van der Waals surface area (Å²) in [4.78, 5) is 30.2. The van der Waals surface area contributed by atoms with E-state index >= 15 is 0 Å². The lowest BCUT2D eigenvalue weighted by atomic mass is 10.2.